The topological polar surface area (TPSA) is 43.3 Å². The van der Waals surface area contributed by atoms with E-state index in [1.807, 2.05) is 18.2 Å². The molecule has 0 aliphatic carbocycles. The summed E-state index contributed by atoms with van der Waals surface area (Å²) in [4.78, 5) is 11.7. The van der Waals surface area contributed by atoms with Crippen LogP contribution in [-0.4, -0.2) is 18.3 Å². The molecule has 0 saturated carbocycles. The zero-order chi connectivity index (χ0) is 15.2. The molecule has 0 fully saturated rings. The summed E-state index contributed by atoms with van der Waals surface area (Å²) in [5.74, 6) is 0. The van der Waals surface area contributed by atoms with Gasteiger partial charge >= 0.3 is 0 Å². The number of anilines is 1. The summed E-state index contributed by atoms with van der Waals surface area (Å²) in [5, 5.41) is 3.96. The molecule has 0 radical (unpaired) electrons. The number of rotatable bonds is 6. The number of hydrogen-bond acceptors (Lipinski definition) is 3. The van der Waals surface area contributed by atoms with Crippen molar-refractivity contribution in [1.29, 1.82) is 0 Å². The van der Waals surface area contributed by atoms with Gasteiger partial charge < -0.3 is 14.6 Å². The highest BCUT2D eigenvalue weighted by atomic mass is 79.9. The normalized spacial score (nSPS) is 10.6. The molecule has 1 aromatic carbocycles. The van der Waals surface area contributed by atoms with Crippen LogP contribution in [-0.2, 0) is 17.8 Å². The predicted octanol–water partition coefficient (Wildman–Crippen LogP) is 3.52. The molecule has 0 bridgehead atoms. The van der Waals surface area contributed by atoms with E-state index in [1.54, 1.807) is 30.0 Å². The summed E-state index contributed by atoms with van der Waals surface area (Å²) >= 11 is 9.56. The number of nitrogens with zero attached hydrogens (tertiary/aromatic N) is 1. The third kappa shape index (κ3) is 4.59. The summed E-state index contributed by atoms with van der Waals surface area (Å²) in [6, 6.07) is 9.07. The molecule has 0 spiro atoms. The Balaban J connectivity index is 2.07. The molecule has 0 aliphatic rings. The van der Waals surface area contributed by atoms with Gasteiger partial charge in [-0.1, -0.05) is 33.6 Å². The summed E-state index contributed by atoms with van der Waals surface area (Å²) < 4.78 is 7.56. The zero-order valence-corrected chi connectivity index (χ0v) is 13.9. The zero-order valence-electron chi connectivity index (χ0n) is 11.6. The molecule has 1 N–H and O–H groups in total. The molecular formula is C15H16BrClN2O2. The molecule has 0 saturated heterocycles. The number of benzene rings is 1. The predicted molar refractivity (Wildman–Crippen MR) is 89.1 cm³/mol. The summed E-state index contributed by atoms with van der Waals surface area (Å²) in [5.41, 5.74) is 1.82. The summed E-state index contributed by atoms with van der Waals surface area (Å²) in [6.07, 6.45) is 1.79. The number of hydrogen-bond donors (Lipinski definition) is 1. The van der Waals surface area contributed by atoms with E-state index in [2.05, 4.69) is 21.2 Å². The van der Waals surface area contributed by atoms with Crippen molar-refractivity contribution in [3.05, 3.63) is 61.9 Å². The molecular weight excluding hydrogens is 356 g/mol. The first-order valence-corrected chi connectivity index (χ1v) is 7.64. The highest BCUT2D eigenvalue weighted by molar-refractivity contribution is 9.10. The second kappa shape index (κ2) is 7.64. The quantitative estimate of drug-likeness (QED) is 0.845. The second-order valence-electron chi connectivity index (χ2n) is 4.53. The van der Waals surface area contributed by atoms with E-state index in [1.165, 1.54) is 0 Å². The van der Waals surface area contributed by atoms with Gasteiger partial charge in [0.15, 0.2) is 0 Å². The van der Waals surface area contributed by atoms with Crippen LogP contribution in [0, 0.1) is 0 Å². The van der Waals surface area contributed by atoms with Gasteiger partial charge in [-0.25, -0.2) is 0 Å². The molecule has 1 aromatic heterocycles. The Labute approximate surface area is 136 Å². The minimum atomic E-state index is -0.0423. The maximum atomic E-state index is 11.7. The Morgan fingerprint density at radius 1 is 1.33 bits per heavy atom. The maximum Gasteiger partial charge on any atom is 0.250 e. The number of ether oxygens (including phenoxy) is 1. The number of aromatic nitrogens is 1. The molecule has 0 aliphatic heterocycles. The lowest BCUT2D eigenvalue weighted by atomic mass is 10.2. The number of pyridine rings is 1. The third-order valence-electron chi connectivity index (χ3n) is 3.02. The van der Waals surface area contributed by atoms with Crippen LogP contribution in [0.15, 0.2) is 45.8 Å². The monoisotopic (exact) mass is 370 g/mol. The van der Waals surface area contributed by atoms with Gasteiger partial charge in [-0.15, -0.1) is 0 Å². The number of methoxy groups -OCH3 is 1. The van der Waals surface area contributed by atoms with Crippen molar-refractivity contribution < 1.29 is 4.74 Å². The SMILES string of the molecule is COCCn1cc(NCc2ccc(Br)cc2Cl)ccc1=O. The van der Waals surface area contributed by atoms with E-state index in [0.717, 1.165) is 15.7 Å². The van der Waals surface area contributed by atoms with E-state index in [4.69, 9.17) is 16.3 Å². The molecule has 112 valence electrons. The van der Waals surface area contributed by atoms with Crippen molar-refractivity contribution >= 4 is 33.2 Å². The minimum Gasteiger partial charge on any atom is -0.383 e. The number of nitrogens with one attached hydrogen (secondary N) is 1. The first kappa shape index (κ1) is 16.1. The fraction of sp³-hybridized carbons (Fsp3) is 0.267. The van der Waals surface area contributed by atoms with Crippen molar-refractivity contribution in [1.82, 2.24) is 4.57 Å². The minimum absolute atomic E-state index is 0.0423. The smallest absolute Gasteiger partial charge is 0.250 e. The second-order valence-corrected chi connectivity index (χ2v) is 5.85. The Hall–Kier alpha value is -1.30. The highest BCUT2D eigenvalue weighted by Gasteiger charge is 2.02. The van der Waals surface area contributed by atoms with Gasteiger partial charge in [0.1, 0.15) is 0 Å². The summed E-state index contributed by atoms with van der Waals surface area (Å²) in [7, 11) is 1.61. The van der Waals surface area contributed by atoms with Crippen LogP contribution in [0.5, 0.6) is 0 Å². The Kier molecular flexibility index (Phi) is 5.85. The molecule has 1 heterocycles. The molecule has 4 nitrogen and oxygen atoms in total. The van der Waals surface area contributed by atoms with E-state index < -0.39 is 0 Å². The van der Waals surface area contributed by atoms with Gasteiger partial charge in [-0.05, 0) is 23.8 Å². The van der Waals surface area contributed by atoms with Gasteiger partial charge in [0.25, 0.3) is 5.56 Å². The Morgan fingerprint density at radius 3 is 2.86 bits per heavy atom. The number of halogens is 2. The van der Waals surface area contributed by atoms with Crippen LogP contribution in [0.25, 0.3) is 0 Å². The maximum absolute atomic E-state index is 11.7. The van der Waals surface area contributed by atoms with E-state index >= 15 is 0 Å². The fourth-order valence-corrected chi connectivity index (χ4v) is 2.60. The summed E-state index contributed by atoms with van der Waals surface area (Å²) in [6.45, 7) is 1.63. The molecule has 0 amide bonds. The van der Waals surface area contributed by atoms with Crippen LogP contribution in [0.1, 0.15) is 5.56 Å². The van der Waals surface area contributed by atoms with Gasteiger partial charge in [0.05, 0.1) is 12.3 Å². The van der Waals surface area contributed by atoms with Crippen molar-refractivity contribution in [2.45, 2.75) is 13.1 Å². The first-order chi connectivity index (χ1) is 10.1. The lowest BCUT2D eigenvalue weighted by Gasteiger charge is -2.11. The van der Waals surface area contributed by atoms with Crippen molar-refractivity contribution in [2.24, 2.45) is 0 Å². The van der Waals surface area contributed by atoms with Crippen molar-refractivity contribution in [2.75, 3.05) is 19.0 Å². The van der Waals surface area contributed by atoms with Gasteiger partial charge in [0, 0.05) is 42.0 Å². The standard InChI is InChI=1S/C15H16BrClN2O2/c1-21-7-6-19-10-13(4-5-15(19)20)18-9-11-2-3-12(16)8-14(11)17/h2-5,8,10,18H,6-7,9H2,1H3. The van der Waals surface area contributed by atoms with E-state index in [9.17, 15) is 4.79 Å². The van der Waals surface area contributed by atoms with Crippen LogP contribution in [0.3, 0.4) is 0 Å². The average molecular weight is 372 g/mol. The third-order valence-corrected chi connectivity index (χ3v) is 3.86. The Bertz CT molecular complexity index is 673. The van der Waals surface area contributed by atoms with Crippen LogP contribution >= 0.6 is 27.5 Å². The molecule has 0 unspecified atom stereocenters. The van der Waals surface area contributed by atoms with Gasteiger partial charge in [-0.2, -0.15) is 0 Å². The van der Waals surface area contributed by atoms with Crippen LogP contribution in [0.2, 0.25) is 5.02 Å². The van der Waals surface area contributed by atoms with E-state index in [0.29, 0.717) is 24.7 Å². The van der Waals surface area contributed by atoms with Gasteiger partial charge in [-0.3, -0.25) is 4.79 Å². The van der Waals surface area contributed by atoms with Crippen molar-refractivity contribution in [3.8, 4) is 0 Å². The molecule has 2 rings (SSSR count). The Morgan fingerprint density at radius 2 is 2.14 bits per heavy atom. The highest BCUT2D eigenvalue weighted by Crippen LogP contribution is 2.22. The van der Waals surface area contributed by atoms with E-state index in [-0.39, 0.29) is 5.56 Å². The molecule has 2 aromatic rings. The largest absolute Gasteiger partial charge is 0.383 e. The molecule has 6 heteroatoms. The van der Waals surface area contributed by atoms with Crippen molar-refractivity contribution in [3.63, 3.8) is 0 Å². The first-order valence-electron chi connectivity index (χ1n) is 6.47. The molecule has 0 atom stereocenters. The lowest BCUT2D eigenvalue weighted by Crippen LogP contribution is -2.21. The average Bonchev–Trinajstić information content (AvgIpc) is 2.46. The molecule has 21 heavy (non-hydrogen) atoms. The van der Waals surface area contributed by atoms with Crippen LogP contribution < -0.4 is 10.9 Å². The van der Waals surface area contributed by atoms with Gasteiger partial charge in [0.2, 0.25) is 0 Å². The lowest BCUT2D eigenvalue weighted by molar-refractivity contribution is 0.186. The van der Waals surface area contributed by atoms with Crippen LogP contribution in [0.4, 0.5) is 5.69 Å². The fourth-order valence-electron chi connectivity index (χ4n) is 1.86.